The molecule has 0 aliphatic carbocycles. The summed E-state index contributed by atoms with van der Waals surface area (Å²) in [6.07, 6.45) is 2.29. The third-order valence-corrected chi connectivity index (χ3v) is 7.31. The fraction of sp³-hybridized carbons (Fsp3) is 0.458. The number of aromatic nitrogens is 1. The lowest BCUT2D eigenvalue weighted by atomic mass is 9.94. The quantitative estimate of drug-likeness (QED) is 0.590. The van der Waals surface area contributed by atoms with Crippen molar-refractivity contribution in [3.63, 3.8) is 0 Å². The molecule has 1 unspecified atom stereocenters. The molecule has 1 aromatic carbocycles. The lowest BCUT2D eigenvalue weighted by molar-refractivity contribution is -0.129. The summed E-state index contributed by atoms with van der Waals surface area (Å²) in [5.41, 5.74) is 1.35. The van der Waals surface area contributed by atoms with Crippen molar-refractivity contribution in [1.29, 1.82) is 0 Å². The zero-order chi connectivity index (χ0) is 23.7. The van der Waals surface area contributed by atoms with E-state index in [2.05, 4.69) is 9.88 Å². The van der Waals surface area contributed by atoms with Crippen LogP contribution >= 0.6 is 11.3 Å². The van der Waals surface area contributed by atoms with E-state index in [1.807, 2.05) is 6.92 Å². The van der Waals surface area contributed by atoms with Crippen LogP contribution in [0.5, 0.6) is 11.5 Å². The lowest BCUT2D eigenvalue weighted by Gasteiger charge is -2.29. The van der Waals surface area contributed by atoms with Gasteiger partial charge in [-0.3, -0.25) is 9.59 Å². The average molecular weight is 472 g/mol. The molecule has 0 bridgehead atoms. The Morgan fingerprint density at radius 2 is 1.85 bits per heavy atom. The van der Waals surface area contributed by atoms with Crippen LogP contribution in [0, 0.1) is 13.8 Å². The van der Waals surface area contributed by atoms with Crippen molar-refractivity contribution >= 4 is 23.0 Å². The van der Waals surface area contributed by atoms with Crippen molar-refractivity contribution in [2.45, 2.75) is 32.7 Å². The van der Waals surface area contributed by atoms with Crippen LogP contribution in [-0.4, -0.2) is 72.0 Å². The standard InChI is InChI=1S/C24H29N3O5S/c1-14-23(33-15(2)25-14)21(28)19-20(16-7-8-17(31-3)18(13-16)32-4)27(24(30)22(19)29)12-11-26-9-5-6-10-26/h7-8,13,20,29H,5-6,9-12H2,1-4H3. The molecule has 0 saturated carbocycles. The smallest absolute Gasteiger partial charge is 0.290 e. The SMILES string of the molecule is COc1ccc(C2C(C(=O)c3sc(C)nc3C)=C(O)C(=O)N2CCN2CCCC2)cc1OC. The van der Waals surface area contributed by atoms with E-state index in [0.717, 1.165) is 30.9 Å². The summed E-state index contributed by atoms with van der Waals surface area (Å²) in [7, 11) is 3.09. The van der Waals surface area contributed by atoms with E-state index < -0.39 is 17.7 Å². The first kappa shape index (κ1) is 23.3. The van der Waals surface area contributed by atoms with E-state index in [4.69, 9.17) is 9.47 Å². The second-order valence-electron chi connectivity index (χ2n) is 8.30. The Hall–Kier alpha value is -2.91. The number of thiazole rings is 1. The number of ketones is 1. The monoisotopic (exact) mass is 471 g/mol. The number of aryl methyl sites for hydroxylation is 2. The number of aliphatic hydroxyl groups is 1. The zero-order valence-electron chi connectivity index (χ0n) is 19.4. The van der Waals surface area contributed by atoms with Gasteiger partial charge in [0.15, 0.2) is 17.3 Å². The molecule has 4 rings (SSSR count). The van der Waals surface area contributed by atoms with E-state index >= 15 is 0 Å². The highest BCUT2D eigenvalue weighted by molar-refractivity contribution is 7.14. The van der Waals surface area contributed by atoms with Gasteiger partial charge in [0, 0.05) is 13.1 Å². The van der Waals surface area contributed by atoms with Crippen LogP contribution in [0.3, 0.4) is 0 Å². The number of nitrogens with zero attached hydrogens (tertiary/aromatic N) is 3. The van der Waals surface area contributed by atoms with Gasteiger partial charge in [-0.2, -0.15) is 0 Å². The number of carbonyl (C=O) groups is 2. The van der Waals surface area contributed by atoms with E-state index in [0.29, 0.717) is 40.7 Å². The molecule has 2 aliphatic heterocycles. The number of rotatable bonds is 8. The first-order valence-electron chi connectivity index (χ1n) is 11.0. The number of hydrogen-bond acceptors (Lipinski definition) is 8. The first-order chi connectivity index (χ1) is 15.8. The number of aliphatic hydroxyl groups excluding tert-OH is 1. The fourth-order valence-corrected chi connectivity index (χ4v) is 5.48. The molecule has 8 nitrogen and oxygen atoms in total. The molecule has 1 fully saturated rings. The molecular formula is C24H29N3O5S. The first-order valence-corrected chi connectivity index (χ1v) is 11.8. The molecule has 33 heavy (non-hydrogen) atoms. The number of ether oxygens (including phenoxy) is 2. The molecule has 1 saturated heterocycles. The molecule has 2 aromatic rings. The van der Waals surface area contributed by atoms with Gasteiger partial charge in [-0.05, 0) is 57.5 Å². The molecule has 1 amide bonds. The highest BCUT2D eigenvalue weighted by Gasteiger charge is 2.44. The van der Waals surface area contributed by atoms with E-state index in [9.17, 15) is 14.7 Å². The molecule has 2 aliphatic rings. The van der Waals surface area contributed by atoms with Gasteiger partial charge < -0.3 is 24.4 Å². The van der Waals surface area contributed by atoms with Gasteiger partial charge in [-0.25, -0.2) is 4.98 Å². The minimum absolute atomic E-state index is 0.0837. The van der Waals surface area contributed by atoms with Crippen LogP contribution in [0.15, 0.2) is 29.5 Å². The van der Waals surface area contributed by atoms with Crippen molar-refractivity contribution in [3.05, 3.63) is 50.7 Å². The van der Waals surface area contributed by atoms with E-state index in [1.165, 1.54) is 18.4 Å². The topological polar surface area (TPSA) is 92.2 Å². The predicted octanol–water partition coefficient (Wildman–Crippen LogP) is 3.45. The number of likely N-dealkylation sites (tertiary alicyclic amines) is 1. The van der Waals surface area contributed by atoms with Crippen LogP contribution in [-0.2, 0) is 4.79 Å². The molecule has 9 heteroatoms. The Kier molecular flexibility index (Phi) is 6.71. The van der Waals surface area contributed by atoms with Crippen LogP contribution in [0.1, 0.15) is 44.8 Å². The van der Waals surface area contributed by atoms with Gasteiger partial charge in [0.25, 0.3) is 5.91 Å². The summed E-state index contributed by atoms with van der Waals surface area (Å²) in [5.74, 6) is -0.357. The van der Waals surface area contributed by atoms with Crippen molar-refractivity contribution in [2.75, 3.05) is 40.4 Å². The molecule has 3 heterocycles. The van der Waals surface area contributed by atoms with Gasteiger partial charge in [0.05, 0.1) is 41.4 Å². The lowest BCUT2D eigenvalue weighted by Crippen LogP contribution is -2.38. The predicted molar refractivity (Wildman–Crippen MR) is 125 cm³/mol. The minimum atomic E-state index is -0.728. The summed E-state index contributed by atoms with van der Waals surface area (Å²) in [6, 6.07) is 4.58. The van der Waals surface area contributed by atoms with Gasteiger partial charge in [-0.15, -0.1) is 11.3 Å². The zero-order valence-corrected chi connectivity index (χ0v) is 20.2. The molecular weight excluding hydrogens is 442 g/mol. The number of methoxy groups -OCH3 is 2. The second kappa shape index (κ2) is 9.52. The summed E-state index contributed by atoms with van der Waals surface area (Å²) in [6.45, 7) is 6.67. The third-order valence-electron chi connectivity index (χ3n) is 6.24. The number of Topliss-reactive ketones (excluding diaryl/α,β-unsaturated/α-hetero) is 1. The summed E-state index contributed by atoms with van der Waals surface area (Å²) in [4.78, 5) is 35.5. The molecule has 176 valence electrons. The summed E-state index contributed by atoms with van der Waals surface area (Å²) >= 11 is 1.27. The Balaban J connectivity index is 1.76. The average Bonchev–Trinajstić information content (AvgIpc) is 3.51. The summed E-state index contributed by atoms with van der Waals surface area (Å²) < 4.78 is 10.8. The van der Waals surface area contributed by atoms with Crippen LogP contribution in [0.4, 0.5) is 0 Å². The Bertz CT molecular complexity index is 1100. The Labute approximate surface area is 197 Å². The maximum atomic E-state index is 13.6. The van der Waals surface area contributed by atoms with Crippen molar-refractivity contribution < 1.29 is 24.2 Å². The van der Waals surface area contributed by atoms with Crippen LogP contribution < -0.4 is 9.47 Å². The fourth-order valence-electron chi connectivity index (χ4n) is 4.61. The Morgan fingerprint density at radius 1 is 1.15 bits per heavy atom. The number of amides is 1. The largest absolute Gasteiger partial charge is 0.503 e. The molecule has 1 N–H and O–H groups in total. The number of benzene rings is 1. The highest BCUT2D eigenvalue weighted by atomic mass is 32.1. The maximum absolute atomic E-state index is 13.6. The summed E-state index contributed by atoms with van der Waals surface area (Å²) in [5, 5.41) is 11.6. The number of carbonyl (C=O) groups excluding carboxylic acids is 2. The minimum Gasteiger partial charge on any atom is -0.503 e. The maximum Gasteiger partial charge on any atom is 0.290 e. The molecule has 0 spiro atoms. The second-order valence-corrected chi connectivity index (χ2v) is 9.51. The van der Waals surface area contributed by atoms with E-state index in [-0.39, 0.29) is 11.4 Å². The van der Waals surface area contributed by atoms with Crippen molar-refractivity contribution in [2.24, 2.45) is 0 Å². The van der Waals surface area contributed by atoms with E-state index in [1.54, 1.807) is 37.1 Å². The molecule has 0 radical (unpaired) electrons. The normalized spacial score (nSPS) is 19.0. The van der Waals surface area contributed by atoms with Crippen molar-refractivity contribution in [1.82, 2.24) is 14.8 Å². The van der Waals surface area contributed by atoms with Crippen LogP contribution in [0.2, 0.25) is 0 Å². The molecule has 1 aromatic heterocycles. The van der Waals surface area contributed by atoms with Gasteiger partial charge in [0.1, 0.15) is 0 Å². The highest BCUT2D eigenvalue weighted by Crippen LogP contribution is 2.42. The van der Waals surface area contributed by atoms with Crippen molar-refractivity contribution in [3.8, 4) is 11.5 Å². The van der Waals surface area contributed by atoms with Crippen LogP contribution in [0.25, 0.3) is 0 Å². The number of hydrogen-bond donors (Lipinski definition) is 1. The Morgan fingerprint density at radius 3 is 2.45 bits per heavy atom. The van der Waals surface area contributed by atoms with Gasteiger partial charge >= 0.3 is 0 Å². The molecule has 1 atom stereocenters. The third kappa shape index (κ3) is 4.35. The van der Waals surface area contributed by atoms with Gasteiger partial charge in [-0.1, -0.05) is 6.07 Å². The van der Waals surface area contributed by atoms with Gasteiger partial charge in [0.2, 0.25) is 5.78 Å².